The van der Waals surface area contributed by atoms with Crippen molar-refractivity contribution in [3.8, 4) is 5.00 Å². The van der Waals surface area contributed by atoms with Gasteiger partial charge in [0.05, 0.1) is 24.6 Å². The summed E-state index contributed by atoms with van der Waals surface area (Å²) >= 11 is 3.13. The number of nitrogens with one attached hydrogen (secondary N) is 3. The summed E-state index contributed by atoms with van der Waals surface area (Å²) in [5.74, 6) is 0.915. The second-order valence-electron chi connectivity index (χ2n) is 9.03. The predicted molar refractivity (Wildman–Crippen MR) is 129 cm³/mol. The minimum atomic E-state index is -0.197. The van der Waals surface area contributed by atoms with Crippen LogP contribution in [0.15, 0.2) is 29.4 Å². The Morgan fingerprint density at radius 1 is 1.36 bits per heavy atom. The second-order valence-corrected chi connectivity index (χ2v) is 11.1. The highest BCUT2D eigenvalue weighted by molar-refractivity contribution is 7.99. The number of hydrogen-bond donors (Lipinski definition) is 3. The number of fused-ring (bicyclic) bond motifs is 8. The maximum atomic E-state index is 12.7. The number of nitrogens with zero attached hydrogens (tertiary/aromatic N) is 4. The molecule has 0 radical (unpaired) electrons. The molecule has 1 fully saturated rings. The molecule has 3 aromatic rings. The van der Waals surface area contributed by atoms with E-state index >= 15 is 0 Å². The summed E-state index contributed by atoms with van der Waals surface area (Å²) < 4.78 is 8.16. The number of hydrazine groups is 1. The lowest BCUT2D eigenvalue weighted by atomic mass is 9.92. The third kappa shape index (κ3) is 3.55. The zero-order valence-electron chi connectivity index (χ0n) is 18.6. The van der Waals surface area contributed by atoms with Crippen LogP contribution in [0, 0.1) is 6.92 Å². The van der Waals surface area contributed by atoms with E-state index < -0.39 is 0 Å². The van der Waals surface area contributed by atoms with E-state index in [2.05, 4.69) is 44.7 Å². The fourth-order valence-corrected chi connectivity index (χ4v) is 6.61. The molecule has 1 atom stereocenters. The van der Waals surface area contributed by atoms with Gasteiger partial charge in [-0.2, -0.15) is 0 Å². The lowest BCUT2D eigenvalue weighted by molar-refractivity contribution is -0.113. The minimum Gasteiger partial charge on any atom is -0.370 e. The third-order valence-electron chi connectivity index (χ3n) is 6.17. The van der Waals surface area contributed by atoms with Crippen molar-refractivity contribution in [1.82, 2.24) is 25.5 Å². The Hall–Kier alpha value is -2.44. The number of hydrogen-bond acceptors (Lipinski definition) is 9. The van der Waals surface area contributed by atoms with Crippen molar-refractivity contribution in [2.24, 2.45) is 0 Å². The molecular weight excluding hydrogens is 458 g/mol. The van der Waals surface area contributed by atoms with Crippen LogP contribution in [0.2, 0.25) is 0 Å². The first kappa shape index (κ1) is 21.1. The van der Waals surface area contributed by atoms with Crippen LogP contribution in [-0.2, 0) is 22.6 Å². The van der Waals surface area contributed by atoms with Gasteiger partial charge in [0.1, 0.15) is 11.2 Å². The molecule has 1 saturated heterocycles. The second kappa shape index (κ2) is 7.81. The molecule has 9 nitrogen and oxygen atoms in total. The number of aromatic nitrogens is 3. The van der Waals surface area contributed by atoms with Gasteiger partial charge in [-0.05, 0) is 38.0 Å². The van der Waals surface area contributed by atoms with Crippen molar-refractivity contribution >= 4 is 40.6 Å². The van der Waals surface area contributed by atoms with Crippen LogP contribution in [0.4, 0.5) is 11.6 Å². The Labute approximate surface area is 199 Å². The number of carbonyl (C=O) groups is 1. The van der Waals surface area contributed by atoms with Crippen LogP contribution < -0.4 is 21.1 Å². The predicted octanol–water partition coefficient (Wildman–Crippen LogP) is 3.10. The monoisotopic (exact) mass is 483 g/mol. The number of aryl methyl sites for hydroxylation is 1. The zero-order valence-corrected chi connectivity index (χ0v) is 20.3. The topological polar surface area (TPSA) is 96.3 Å². The lowest BCUT2D eigenvalue weighted by Gasteiger charge is -2.34. The highest BCUT2D eigenvalue weighted by Crippen LogP contribution is 2.48. The standard InChI is InChI=1S/C22H25N7O2S2/c1-12-6-4-5-7-14(12)25-16(30)10-32-21-27-26-20-28(21)19-17(18-23-11-24-29(18)20)13-8-22(2,3)31-9-15(13)33-19/h4-7,18,23-24H,8-11H2,1-3H3,(H,25,30). The van der Waals surface area contributed by atoms with Gasteiger partial charge in [-0.1, -0.05) is 30.0 Å². The maximum absolute atomic E-state index is 12.7. The minimum absolute atomic E-state index is 0.00723. The number of anilines is 2. The number of ether oxygens (including phenoxy) is 1. The van der Waals surface area contributed by atoms with Gasteiger partial charge in [0.15, 0.2) is 5.16 Å². The van der Waals surface area contributed by atoms with E-state index in [-0.39, 0.29) is 23.4 Å². The molecule has 0 aliphatic carbocycles. The number of benzene rings is 1. The molecule has 5 heterocycles. The summed E-state index contributed by atoms with van der Waals surface area (Å²) in [6.45, 7) is 7.52. The lowest BCUT2D eigenvalue weighted by Crippen LogP contribution is -2.40. The fraction of sp³-hybridized carbons (Fsp3) is 0.409. The zero-order chi connectivity index (χ0) is 22.7. The van der Waals surface area contributed by atoms with Crippen LogP contribution in [0.1, 0.15) is 41.6 Å². The van der Waals surface area contributed by atoms with Gasteiger partial charge in [-0.3, -0.25) is 15.1 Å². The maximum Gasteiger partial charge on any atom is 0.249 e. The number of para-hydroxylation sites is 1. The summed E-state index contributed by atoms with van der Waals surface area (Å²) in [5, 5.41) is 19.3. The van der Waals surface area contributed by atoms with E-state index in [1.165, 1.54) is 27.8 Å². The first-order chi connectivity index (χ1) is 15.9. The van der Waals surface area contributed by atoms with Gasteiger partial charge in [-0.15, -0.1) is 21.5 Å². The quantitative estimate of drug-likeness (QED) is 0.487. The van der Waals surface area contributed by atoms with Crippen molar-refractivity contribution in [1.29, 1.82) is 0 Å². The van der Waals surface area contributed by atoms with Gasteiger partial charge < -0.3 is 10.1 Å². The van der Waals surface area contributed by atoms with E-state index in [1.807, 2.05) is 36.2 Å². The molecule has 3 N–H and O–H groups in total. The highest BCUT2D eigenvalue weighted by Gasteiger charge is 2.43. The molecule has 1 unspecified atom stereocenters. The summed E-state index contributed by atoms with van der Waals surface area (Å²) in [4.78, 5) is 13.9. The van der Waals surface area contributed by atoms with Crippen molar-refractivity contribution in [2.45, 2.75) is 50.7 Å². The van der Waals surface area contributed by atoms with Gasteiger partial charge >= 0.3 is 0 Å². The van der Waals surface area contributed by atoms with E-state index in [0.717, 1.165) is 28.6 Å². The molecule has 11 heteroatoms. The first-order valence-corrected chi connectivity index (χ1v) is 12.7. The molecule has 0 saturated carbocycles. The first-order valence-electron chi connectivity index (χ1n) is 10.9. The molecule has 0 spiro atoms. The van der Waals surface area contributed by atoms with Crippen LogP contribution in [0.5, 0.6) is 0 Å². The average Bonchev–Trinajstić information content (AvgIpc) is 3.49. The number of carbonyl (C=O) groups excluding carboxylic acids is 1. The van der Waals surface area contributed by atoms with Crippen LogP contribution in [-0.4, -0.2) is 38.7 Å². The molecule has 3 aliphatic rings. The summed E-state index contributed by atoms with van der Waals surface area (Å²) in [6.07, 6.45) is 0.867. The Morgan fingerprint density at radius 3 is 3.06 bits per heavy atom. The van der Waals surface area contributed by atoms with Crippen molar-refractivity contribution in [3.05, 3.63) is 45.8 Å². The van der Waals surface area contributed by atoms with Crippen LogP contribution in [0.25, 0.3) is 5.00 Å². The molecule has 1 amide bonds. The van der Waals surface area contributed by atoms with Gasteiger partial charge in [0, 0.05) is 22.5 Å². The van der Waals surface area contributed by atoms with Crippen LogP contribution >= 0.6 is 23.1 Å². The van der Waals surface area contributed by atoms with Crippen LogP contribution in [0.3, 0.4) is 0 Å². The Balaban J connectivity index is 1.31. The molecular formula is C22H25N7O2S2. The summed E-state index contributed by atoms with van der Waals surface area (Å²) in [6, 6.07) is 7.77. The van der Waals surface area contributed by atoms with Gasteiger partial charge in [0.2, 0.25) is 11.9 Å². The van der Waals surface area contributed by atoms with E-state index in [4.69, 9.17) is 4.74 Å². The molecule has 172 valence electrons. The van der Waals surface area contributed by atoms with Gasteiger partial charge in [0.25, 0.3) is 0 Å². The molecule has 1 aromatic carbocycles. The molecule has 2 aromatic heterocycles. The molecule has 6 rings (SSSR count). The van der Waals surface area contributed by atoms with Crippen molar-refractivity contribution < 1.29 is 9.53 Å². The van der Waals surface area contributed by atoms with E-state index in [1.54, 1.807) is 11.3 Å². The summed E-state index contributed by atoms with van der Waals surface area (Å²) in [5.41, 5.74) is 7.65. The third-order valence-corrected chi connectivity index (χ3v) is 8.31. The average molecular weight is 484 g/mol. The smallest absolute Gasteiger partial charge is 0.249 e. The Morgan fingerprint density at radius 2 is 2.21 bits per heavy atom. The van der Waals surface area contributed by atoms with Crippen molar-refractivity contribution in [3.63, 3.8) is 0 Å². The van der Waals surface area contributed by atoms with Crippen molar-refractivity contribution in [2.75, 3.05) is 22.7 Å². The number of thioether (sulfide) groups is 1. The molecule has 3 aliphatic heterocycles. The molecule has 33 heavy (non-hydrogen) atoms. The Kier molecular flexibility index (Phi) is 5.00. The number of rotatable bonds is 4. The largest absolute Gasteiger partial charge is 0.370 e. The van der Waals surface area contributed by atoms with E-state index in [0.29, 0.717) is 18.4 Å². The number of amides is 1. The van der Waals surface area contributed by atoms with E-state index in [9.17, 15) is 4.79 Å². The highest BCUT2D eigenvalue weighted by atomic mass is 32.2. The number of thiophene rings is 1. The van der Waals surface area contributed by atoms with Gasteiger partial charge in [-0.25, -0.2) is 9.99 Å². The summed E-state index contributed by atoms with van der Waals surface area (Å²) in [7, 11) is 0. The SMILES string of the molecule is Cc1ccccc1NC(=O)CSc1nnc2n1-c1sc3c(c1C1NCNN21)CC(C)(C)OC3. The Bertz CT molecular complexity index is 1250. The molecule has 0 bridgehead atoms. The fourth-order valence-electron chi connectivity index (χ4n) is 4.56. The normalized spacial score (nSPS) is 20.1.